The van der Waals surface area contributed by atoms with E-state index in [1.165, 1.54) is 7.11 Å². The Kier molecular flexibility index (Phi) is 3.54. The van der Waals surface area contributed by atoms with Crippen LogP contribution in [-0.4, -0.2) is 43.4 Å². The van der Waals surface area contributed by atoms with Gasteiger partial charge in [-0.15, -0.1) is 0 Å². The number of methoxy groups -OCH3 is 1. The summed E-state index contributed by atoms with van der Waals surface area (Å²) in [4.78, 5) is 12.0. The maximum Gasteiger partial charge on any atom is 0.255 e. The molecule has 5 heteroatoms. The molecule has 3 N–H and O–H groups in total. The Morgan fingerprint density at radius 3 is 2.83 bits per heavy atom. The maximum absolute atomic E-state index is 12.0. The number of β-amino-alcohol motifs (C(OH)–C–C–N with tert-alkyl or cyclic N) is 1. The van der Waals surface area contributed by atoms with Crippen LogP contribution in [0.4, 0.5) is 0 Å². The van der Waals surface area contributed by atoms with Gasteiger partial charge in [0.2, 0.25) is 0 Å². The zero-order chi connectivity index (χ0) is 13.2. The van der Waals surface area contributed by atoms with Crippen molar-refractivity contribution in [3.8, 4) is 5.75 Å². The van der Waals surface area contributed by atoms with Gasteiger partial charge >= 0.3 is 0 Å². The van der Waals surface area contributed by atoms with Crippen molar-refractivity contribution < 1.29 is 14.6 Å². The third-order valence-electron chi connectivity index (χ3n) is 3.09. The van der Waals surface area contributed by atoms with E-state index in [0.717, 1.165) is 5.56 Å². The summed E-state index contributed by atoms with van der Waals surface area (Å²) in [6, 6.07) is 5.43. The van der Waals surface area contributed by atoms with E-state index in [1.807, 2.05) is 13.0 Å². The summed E-state index contributed by atoms with van der Waals surface area (Å²) in [5.74, 6) is 0.313. The third kappa shape index (κ3) is 2.63. The fourth-order valence-corrected chi connectivity index (χ4v) is 1.88. The van der Waals surface area contributed by atoms with E-state index in [-0.39, 0.29) is 12.5 Å². The van der Waals surface area contributed by atoms with Crippen molar-refractivity contribution in [2.75, 3.05) is 26.7 Å². The van der Waals surface area contributed by atoms with Gasteiger partial charge in [0.25, 0.3) is 5.91 Å². The van der Waals surface area contributed by atoms with Gasteiger partial charge in [-0.3, -0.25) is 4.79 Å². The number of nitrogens with one attached hydrogen (secondary N) is 2. The number of ether oxygens (including phenoxy) is 1. The molecule has 18 heavy (non-hydrogen) atoms. The van der Waals surface area contributed by atoms with Gasteiger partial charge in [-0.25, -0.2) is 0 Å². The second-order valence-corrected chi connectivity index (χ2v) is 4.71. The number of carbonyl (C=O) groups excluding carboxylic acids is 1. The van der Waals surface area contributed by atoms with Gasteiger partial charge in [-0.05, 0) is 19.1 Å². The number of hydrogen-bond donors (Lipinski definition) is 3. The molecule has 1 saturated heterocycles. The van der Waals surface area contributed by atoms with E-state index in [2.05, 4.69) is 10.6 Å². The van der Waals surface area contributed by atoms with Crippen LogP contribution in [0.3, 0.4) is 0 Å². The topological polar surface area (TPSA) is 70.6 Å². The van der Waals surface area contributed by atoms with E-state index in [0.29, 0.717) is 24.4 Å². The van der Waals surface area contributed by atoms with Crippen molar-refractivity contribution >= 4 is 5.91 Å². The number of aliphatic hydroxyl groups is 1. The smallest absolute Gasteiger partial charge is 0.255 e. The monoisotopic (exact) mass is 250 g/mol. The molecule has 1 aromatic rings. The van der Waals surface area contributed by atoms with Crippen molar-refractivity contribution in [1.82, 2.24) is 10.6 Å². The minimum atomic E-state index is -0.813. The lowest BCUT2D eigenvalue weighted by atomic mass is 9.97. The minimum absolute atomic E-state index is 0.226. The molecular formula is C13H18N2O3. The number of carbonyl (C=O) groups is 1. The molecule has 0 bridgehead atoms. The average molecular weight is 250 g/mol. The Balaban J connectivity index is 2.05. The third-order valence-corrected chi connectivity index (χ3v) is 3.09. The molecule has 0 unspecified atom stereocenters. The van der Waals surface area contributed by atoms with Crippen molar-refractivity contribution in [1.29, 1.82) is 0 Å². The number of amides is 1. The lowest BCUT2D eigenvalue weighted by Crippen LogP contribution is -2.64. The Hall–Kier alpha value is -1.59. The summed E-state index contributed by atoms with van der Waals surface area (Å²) in [6.45, 7) is 3.19. The van der Waals surface area contributed by atoms with Crippen LogP contribution in [0, 0.1) is 6.92 Å². The Morgan fingerprint density at radius 1 is 1.56 bits per heavy atom. The van der Waals surface area contributed by atoms with Gasteiger partial charge in [0, 0.05) is 19.6 Å². The van der Waals surface area contributed by atoms with Crippen LogP contribution >= 0.6 is 0 Å². The fourth-order valence-electron chi connectivity index (χ4n) is 1.88. The fraction of sp³-hybridized carbons (Fsp3) is 0.462. The molecule has 0 radical (unpaired) electrons. The van der Waals surface area contributed by atoms with Gasteiger partial charge in [-0.2, -0.15) is 0 Å². The normalized spacial score (nSPS) is 16.8. The number of aryl methyl sites for hydroxylation is 1. The molecule has 1 aliphatic heterocycles. The molecule has 98 valence electrons. The predicted octanol–water partition coefficient (Wildman–Crippen LogP) is 0.0677. The summed E-state index contributed by atoms with van der Waals surface area (Å²) < 4.78 is 5.16. The molecule has 0 spiro atoms. The first-order valence-electron chi connectivity index (χ1n) is 5.90. The molecule has 0 saturated carbocycles. The van der Waals surface area contributed by atoms with Gasteiger partial charge in [-0.1, -0.05) is 11.6 Å². The zero-order valence-electron chi connectivity index (χ0n) is 10.6. The van der Waals surface area contributed by atoms with Crippen LogP contribution in [-0.2, 0) is 0 Å². The lowest BCUT2D eigenvalue weighted by Gasteiger charge is -2.37. The van der Waals surface area contributed by atoms with Crippen LogP contribution in [0.25, 0.3) is 0 Å². The van der Waals surface area contributed by atoms with E-state index < -0.39 is 5.60 Å². The molecular weight excluding hydrogens is 232 g/mol. The summed E-state index contributed by atoms with van der Waals surface area (Å²) in [6.07, 6.45) is 0. The first-order valence-corrected chi connectivity index (χ1v) is 5.90. The lowest BCUT2D eigenvalue weighted by molar-refractivity contribution is -0.00762. The van der Waals surface area contributed by atoms with Crippen molar-refractivity contribution in [2.24, 2.45) is 0 Å². The number of hydrogen-bond acceptors (Lipinski definition) is 4. The summed E-state index contributed by atoms with van der Waals surface area (Å²) in [5.41, 5.74) is 0.672. The first kappa shape index (κ1) is 12.9. The Labute approximate surface area is 106 Å². The molecule has 1 heterocycles. The molecule has 1 amide bonds. The molecule has 1 aromatic carbocycles. The van der Waals surface area contributed by atoms with Crippen molar-refractivity contribution in [2.45, 2.75) is 12.5 Å². The zero-order valence-corrected chi connectivity index (χ0v) is 10.6. The van der Waals surface area contributed by atoms with E-state index in [1.54, 1.807) is 12.1 Å². The van der Waals surface area contributed by atoms with Crippen molar-refractivity contribution in [3.05, 3.63) is 29.3 Å². The summed E-state index contributed by atoms with van der Waals surface area (Å²) in [7, 11) is 1.53. The van der Waals surface area contributed by atoms with Gasteiger partial charge in [0.15, 0.2) is 0 Å². The first-order chi connectivity index (χ1) is 8.54. The molecule has 0 aliphatic carbocycles. The van der Waals surface area contributed by atoms with Crippen LogP contribution in [0.1, 0.15) is 15.9 Å². The highest BCUT2D eigenvalue weighted by Gasteiger charge is 2.34. The highest BCUT2D eigenvalue weighted by molar-refractivity contribution is 5.97. The van der Waals surface area contributed by atoms with Gasteiger partial charge < -0.3 is 20.5 Å². The van der Waals surface area contributed by atoms with Gasteiger partial charge in [0.1, 0.15) is 11.4 Å². The van der Waals surface area contributed by atoms with Gasteiger partial charge in [0.05, 0.1) is 12.7 Å². The standard InChI is InChI=1S/C13H18N2O3/c1-9-3-4-11(18-2)10(5-9)12(16)15-8-13(17)6-14-7-13/h3-5,14,17H,6-8H2,1-2H3,(H,15,16). The van der Waals surface area contributed by atoms with E-state index >= 15 is 0 Å². The second-order valence-electron chi connectivity index (χ2n) is 4.71. The molecule has 0 aromatic heterocycles. The van der Waals surface area contributed by atoms with Crippen LogP contribution in [0.2, 0.25) is 0 Å². The Bertz CT molecular complexity index is 456. The highest BCUT2D eigenvalue weighted by Crippen LogP contribution is 2.19. The SMILES string of the molecule is COc1ccc(C)cc1C(=O)NCC1(O)CNC1. The largest absolute Gasteiger partial charge is 0.496 e. The molecule has 0 atom stereocenters. The van der Waals surface area contributed by atoms with E-state index in [4.69, 9.17) is 4.74 Å². The molecule has 1 aliphatic rings. The Morgan fingerprint density at radius 2 is 2.28 bits per heavy atom. The van der Waals surface area contributed by atoms with Crippen molar-refractivity contribution in [3.63, 3.8) is 0 Å². The average Bonchev–Trinajstić information content (AvgIpc) is 2.33. The highest BCUT2D eigenvalue weighted by atomic mass is 16.5. The van der Waals surface area contributed by atoms with E-state index in [9.17, 15) is 9.90 Å². The van der Waals surface area contributed by atoms with Crippen LogP contribution < -0.4 is 15.4 Å². The van der Waals surface area contributed by atoms with Crippen LogP contribution in [0.5, 0.6) is 5.75 Å². The predicted molar refractivity (Wildman–Crippen MR) is 67.9 cm³/mol. The minimum Gasteiger partial charge on any atom is -0.496 e. The van der Waals surface area contributed by atoms with Crippen LogP contribution in [0.15, 0.2) is 18.2 Å². The quantitative estimate of drug-likeness (QED) is 0.707. The number of benzene rings is 1. The second kappa shape index (κ2) is 4.96. The summed E-state index contributed by atoms with van der Waals surface area (Å²) >= 11 is 0. The number of rotatable bonds is 4. The maximum atomic E-state index is 12.0. The summed E-state index contributed by atoms with van der Waals surface area (Å²) in [5, 5.41) is 15.6. The molecule has 2 rings (SSSR count). The molecule has 5 nitrogen and oxygen atoms in total. The molecule has 1 fully saturated rings.